The highest BCUT2D eigenvalue weighted by Gasteiger charge is 2.16. The number of hydrogen-bond acceptors (Lipinski definition) is 8. The van der Waals surface area contributed by atoms with Crippen LogP contribution in [-0.2, 0) is 27.1 Å². The van der Waals surface area contributed by atoms with E-state index in [0.29, 0.717) is 17.4 Å². The normalized spacial score (nSPS) is 11.2. The number of para-hydroxylation sites is 1. The van der Waals surface area contributed by atoms with E-state index < -0.39 is 11.2 Å². The number of benzene rings is 1. The number of rotatable bonds is 5. The number of anilines is 3. The summed E-state index contributed by atoms with van der Waals surface area (Å²) in [4.78, 5) is 41.7. The molecule has 0 spiro atoms. The van der Waals surface area contributed by atoms with Gasteiger partial charge >= 0.3 is 5.69 Å². The van der Waals surface area contributed by atoms with Gasteiger partial charge in [0.25, 0.3) is 5.56 Å². The van der Waals surface area contributed by atoms with Crippen LogP contribution in [-0.4, -0.2) is 33.6 Å². The van der Waals surface area contributed by atoms with E-state index in [4.69, 9.17) is 5.73 Å². The molecule has 0 atom stereocenters. The van der Waals surface area contributed by atoms with Crippen molar-refractivity contribution in [1.82, 2.24) is 33.6 Å². The molecular weight excluding hydrogens is 386 g/mol. The van der Waals surface area contributed by atoms with Crippen LogP contribution in [0.3, 0.4) is 0 Å². The van der Waals surface area contributed by atoms with Gasteiger partial charge in [0.1, 0.15) is 0 Å². The number of fused-ring (bicyclic) bond motifs is 1. The second-order valence-corrected chi connectivity index (χ2v) is 6.82. The molecule has 154 valence electrons. The maximum Gasteiger partial charge on any atom is 0.332 e. The highest BCUT2D eigenvalue weighted by atomic mass is 16.2. The number of nitrogens with zero attached hydrogens (tertiary/aromatic N) is 7. The SMILES string of the molecule is CCc1ccccc1Nc1nc(N)nc(Cn2cnc3c2c(=O)n(C)c(=O)n3C)n1. The first-order chi connectivity index (χ1) is 14.4. The second kappa shape index (κ2) is 7.43. The van der Waals surface area contributed by atoms with E-state index in [2.05, 4.69) is 32.2 Å². The Morgan fingerprint density at radius 2 is 1.83 bits per heavy atom. The number of hydrogen-bond donors (Lipinski definition) is 2. The molecule has 0 amide bonds. The summed E-state index contributed by atoms with van der Waals surface area (Å²) in [5.41, 5.74) is 7.57. The van der Waals surface area contributed by atoms with Crippen molar-refractivity contribution in [3.05, 3.63) is 62.8 Å². The quantitative estimate of drug-likeness (QED) is 0.489. The van der Waals surface area contributed by atoms with Crippen molar-refractivity contribution in [1.29, 1.82) is 0 Å². The maximum atomic E-state index is 12.6. The number of aromatic nitrogens is 7. The lowest BCUT2D eigenvalue weighted by molar-refractivity contribution is 0.698. The van der Waals surface area contributed by atoms with Gasteiger partial charge in [-0.2, -0.15) is 15.0 Å². The van der Waals surface area contributed by atoms with E-state index in [1.54, 1.807) is 11.6 Å². The van der Waals surface area contributed by atoms with Crippen LogP contribution in [0.1, 0.15) is 18.3 Å². The summed E-state index contributed by atoms with van der Waals surface area (Å²) in [6.07, 6.45) is 2.32. The summed E-state index contributed by atoms with van der Waals surface area (Å²) in [5, 5.41) is 3.18. The molecule has 0 saturated heterocycles. The highest BCUT2D eigenvalue weighted by Crippen LogP contribution is 2.19. The lowest BCUT2D eigenvalue weighted by Gasteiger charge is -2.11. The van der Waals surface area contributed by atoms with Crippen LogP contribution in [0.15, 0.2) is 40.2 Å². The summed E-state index contributed by atoms with van der Waals surface area (Å²) in [6, 6.07) is 7.84. The van der Waals surface area contributed by atoms with Gasteiger partial charge in [0.2, 0.25) is 11.9 Å². The number of nitrogens with two attached hydrogens (primary N) is 1. The molecule has 3 heterocycles. The Kier molecular flexibility index (Phi) is 4.78. The van der Waals surface area contributed by atoms with Crippen LogP contribution >= 0.6 is 0 Å². The van der Waals surface area contributed by atoms with Crippen molar-refractivity contribution in [3.8, 4) is 0 Å². The van der Waals surface area contributed by atoms with Crippen molar-refractivity contribution in [3.63, 3.8) is 0 Å². The Labute approximate surface area is 170 Å². The molecule has 0 fully saturated rings. The highest BCUT2D eigenvalue weighted by molar-refractivity contribution is 5.70. The van der Waals surface area contributed by atoms with E-state index in [0.717, 1.165) is 22.2 Å². The van der Waals surface area contributed by atoms with Gasteiger partial charge in [0, 0.05) is 19.8 Å². The van der Waals surface area contributed by atoms with Crippen molar-refractivity contribution < 1.29 is 0 Å². The third-order valence-corrected chi connectivity index (χ3v) is 4.87. The molecule has 0 unspecified atom stereocenters. The van der Waals surface area contributed by atoms with Crippen molar-refractivity contribution in [2.45, 2.75) is 19.9 Å². The standard InChI is InChI=1S/C19H21N9O2/c1-4-11-7-5-6-8-12(11)22-18-24-13(23-17(20)25-18)9-28-10-21-15-14(28)16(29)27(3)19(30)26(15)2/h5-8,10H,4,9H2,1-3H3,(H3,20,22,23,24,25). The average molecular weight is 407 g/mol. The smallest absolute Gasteiger partial charge is 0.332 e. The molecule has 30 heavy (non-hydrogen) atoms. The lowest BCUT2D eigenvalue weighted by Crippen LogP contribution is -2.37. The first-order valence-electron chi connectivity index (χ1n) is 9.35. The number of nitrogen functional groups attached to an aromatic ring is 1. The van der Waals surface area contributed by atoms with Gasteiger partial charge in [-0.1, -0.05) is 25.1 Å². The van der Waals surface area contributed by atoms with Crippen molar-refractivity contribution in [2.75, 3.05) is 11.1 Å². The van der Waals surface area contributed by atoms with Crippen molar-refractivity contribution >= 4 is 28.7 Å². The number of imidazole rings is 1. The molecule has 0 aliphatic heterocycles. The van der Waals surface area contributed by atoms with E-state index in [1.165, 1.54) is 17.9 Å². The predicted octanol–water partition coefficient (Wildman–Crippen LogP) is 0.555. The van der Waals surface area contributed by atoms with E-state index >= 15 is 0 Å². The zero-order valence-electron chi connectivity index (χ0n) is 16.8. The molecule has 11 nitrogen and oxygen atoms in total. The summed E-state index contributed by atoms with van der Waals surface area (Å²) in [5.74, 6) is 0.721. The second-order valence-electron chi connectivity index (χ2n) is 6.82. The monoisotopic (exact) mass is 407 g/mol. The maximum absolute atomic E-state index is 12.6. The summed E-state index contributed by atoms with van der Waals surface area (Å²) >= 11 is 0. The molecule has 4 aromatic rings. The van der Waals surface area contributed by atoms with Crippen LogP contribution in [0, 0.1) is 0 Å². The van der Waals surface area contributed by atoms with Crippen LogP contribution in [0.2, 0.25) is 0 Å². The Morgan fingerprint density at radius 3 is 2.60 bits per heavy atom. The fourth-order valence-electron chi connectivity index (χ4n) is 3.30. The largest absolute Gasteiger partial charge is 0.368 e. The molecule has 0 bridgehead atoms. The lowest BCUT2D eigenvalue weighted by atomic mass is 10.1. The molecular formula is C19H21N9O2. The van der Waals surface area contributed by atoms with Crippen molar-refractivity contribution in [2.24, 2.45) is 14.1 Å². The van der Waals surface area contributed by atoms with Crippen LogP contribution in [0.25, 0.3) is 11.2 Å². The first-order valence-corrected chi connectivity index (χ1v) is 9.35. The van der Waals surface area contributed by atoms with E-state index in [-0.39, 0.29) is 18.0 Å². The number of nitrogens with one attached hydrogen (secondary N) is 1. The van der Waals surface area contributed by atoms with Gasteiger partial charge in [-0.3, -0.25) is 13.9 Å². The molecule has 0 aliphatic rings. The Hall–Kier alpha value is -4.02. The van der Waals surface area contributed by atoms with E-state index in [9.17, 15) is 9.59 Å². The number of aryl methyl sites for hydroxylation is 2. The Bertz CT molecular complexity index is 1370. The summed E-state index contributed by atoms with van der Waals surface area (Å²) in [7, 11) is 2.99. The summed E-state index contributed by atoms with van der Waals surface area (Å²) in [6.45, 7) is 2.20. The van der Waals surface area contributed by atoms with E-state index in [1.807, 2.05) is 24.3 Å². The minimum atomic E-state index is -0.442. The van der Waals surface area contributed by atoms with Crippen LogP contribution in [0.4, 0.5) is 17.6 Å². The molecule has 3 aromatic heterocycles. The molecule has 0 saturated carbocycles. The predicted molar refractivity (Wildman–Crippen MR) is 113 cm³/mol. The Balaban J connectivity index is 1.73. The van der Waals surface area contributed by atoms with Gasteiger partial charge in [-0.15, -0.1) is 0 Å². The zero-order chi connectivity index (χ0) is 21.4. The third-order valence-electron chi connectivity index (χ3n) is 4.87. The molecule has 1 aromatic carbocycles. The van der Waals surface area contributed by atoms with Crippen LogP contribution in [0.5, 0.6) is 0 Å². The first kappa shape index (κ1) is 19.3. The topological polar surface area (TPSA) is 139 Å². The van der Waals surface area contributed by atoms with Gasteiger partial charge in [-0.25, -0.2) is 9.78 Å². The van der Waals surface area contributed by atoms with Crippen LogP contribution < -0.4 is 22.3 Å². The molecule has 3 N–H and O–H groups in total. The zero-order valence-corrected chi connectivity index (χ0v) is 16.8. The summed E-state index contributed by atoms with van der Waals surface area (Å²) < 4.78 is 3.95. The fourth-order valence-corrected chi connectivity index (χ4v) is 3.30. The van der Waals surface area contributed by atoms with Gasteiger partial charge in [0.15, 0.2) is 17.0 Å². The minimum Gasteiger partial charge on any atom is -0.368 e. The fraction of sp³-hybridized carbons (Fsp3) is 0.263. The Morgan fingerprint density at radius 1 is 1.07 bits per heavy atom. The van der Waals surface area contributed by atoms with Gasteiger partial charge in [0.05, 0.1) is 12.9 Å². The average Bonchev–Trinajstić information content (AvgIpc) is 3.14. The molecule has 0 radical (unpaired) electrons. The molecule has 4 rings (SSSR count). The third kappa shape index (κ3) is 3.30. The minimum absolute atomic E-state index is 0.0567. The van der Waals surface area contributed by atoms with Gasteiger partial charge < -0.3 is 15.6 Å². The van der Waals surface area contributed by atoms with Gasteiger partial charge in [-0.05, 0) is 18.1 Å². The molecule has 11 heteroatoms. The molecule has 0 aliphatic carbocycles.